The zero-order valence-electron chi connectivity index (χ0n) is 14.1. The molecular formula is C17H24BNO3. The van der Waals surface area contributed by atoms with Gasteiger partial charge in [-0.2, -0.15) is 0 Å². The summed E-state index contributed by atoms with van der Waals surface area (Å²) in [6.07, 6.45) is 2.81. The quantitative estimate of drug-likeness (QED) is 0.618. The lowest BCUT2D eigenvalue weighted by Crippen LogP contribution is -2.41. The summed E-state index contributed by atoms with van der Waals surface area (Å²) in [5.74, 6) is 0. The van der Waals surface area contributed by atoms with Gasteiger partial charge in [-0.3, -0.25) is 0 Å². The van der Waals surface area contributed by atoms with Gasteiger partial charge in [0.2, 0.25) is 0 Å². The van der Waals surface area contributed by atoms with Crippen molar-refractivity contribution in [2.24, 2.45) is 0 Å². The predicted molar refractivity (Wildman–Crippen MR) is 88.7 cm³/mol. The van der Waals surface area contributed by atoms with E-state index < -0.39 is 0 Å². The maximum absolute atomic E-state index is 11.1. The van der Waals surface area contributed by atoms with E-state index in [0.29, 0.717) is 0 Å². The van der Waals surface area contributed by atoms with Crippen LogP contribution in [0.4, 0.5) is 5.69 Å². The van der Waals surface area contributed by atoms with Crippen molar-refractivity contribution in [1.82, 2.24) is 0 Å². The Bertz CT molecular complexity index is 584. The Morgan fingerprint density at radius 3 is 2.45 bits per heavy atom. The molecule has 0 aromatic heterocycles. The molecule has 1 unspecified atom stereocenters. The molecule has 0 radical (unpaired) electrons. The van der Waals surface area contributed by atoms with Crippen LogP contribution in [0.5, 0.6) is 0 Å². The van der Waals surface area contributed by atoms with Gasteiger partial charge in [0.25, 0.3) is 0 Å². The van der Waals surface area contributed by atoms with E-state index in [0.717, 1.165) is 30.3 Å². The average Bonchev–Trinajstić information content (AvgIpc) is 2.67. The van der Waals surface area contributed by atoms with Crippen molar-refractivity contribution in [2.45, 2.75) is 57.8 Å². The van der Waals surface area contributed by atoms with E-state index >= 15 is 0 Å². The molecule has 2 aliphatic heterocycles. The van der Waals surface area contributed by atoms with E-state index in [4.69, 9.17) is 9.31 Å². The number of likely N-dealkylation sites (N-methyl/N-ethyl adjacent to an activating group) is 1. The zero-order chi connectivity index (χ0) is 16.1. The lowest BCUT2D eigenvalue weighted by atomic mass is 9.77. The van der Waals surface area contributed by atoms with Crippen LogP contribution in [0.3, 0.4) is 0 Å². The molecular weight excluding hydrogens is 277 g/mol. The molecule has 0 bridgehead atoms. The maximum Gasteiger partial charge on any atom is 0.494 e. The van der Waals surface area contributed by atoms with Gasteiger partial charge in [-0.25, -0.2) is 0 Å². The molecule has 5 heteroatoms. The van der Waals surface area contributed by atoms with Gasteiger partial charge in [0, 0.05) is 12.7 Å². The van der Waals surface area contributed by atoms with Crippen LogP contribution in [-0.4, -0.2) is 37.7 Å². The average molecular weight is 301 g/mol. The number of nitrogens with zero attached hydrogens (tertiary/aromatic N) is 1. The Hall–Kier alpha value is -1.33. The van der Waals surface area contributed by atoms with Crippen LogP contribution in [-0.2, 0) is 20.5 Å². The summed E-state index contributed by atoms with van der Waals surface area (Å²) in [6.45, 7) is 8.25. The van der Waals surface area contributed by atoms with Gasteiger partial charge < -0.3 is 19.0 Å². The fourth-order valence-corrected chi connectivity index (χ4v) is 3.11. The Morgan fingerprint density at radius 2 is 1.86 bits per heavy atom. The molecule has 1 aromatic carbocycles. The summed E-state index contributed by atoms with van der Waals surface area (Å²) in [7, 11) is 1.65. The lowest BCUT2D eigenvalue weighted by Gasteiger charge is -2.33. The van der Waals surface area contributed by atoms with E-state index in [1.54, 1.807) is 0 Å². The first kappa shape index (κ1) is 15.6. The monoisotopic (exact) mass is 301 g/mol. The summed E-state index contributed by atoms with van der Waals surface area (Å²) >= 11 is 0. The highest BCUT2D eigenvalue weighted by molar-refractivity contribution is 6.62. The van der Waals surface area contributed by atoms with E-state index in [1.165, 1.54) is 5.56 Å². The molecule has 22 heavy (non-hydrogen) atoms. The van der Waals surface area contributed by atoms with Gasteiger partial charge in [0.1, 0.15) is 6.29 Å². The fraction of sp³-hybridized carbons (Fsp3) is 0.588. The first-order valence-electron chi connectivity index (χ1n) is 7.92. The predicted octanol–water partition coefficient (Wildman–Crippen LogP) is 1.94. The molecule has 1 atom stereocenters. The van der Waals surface area contributed by atoms with Crippen LogP contribution in [0, 0.1) is 0 Å². The normalized spacial score (nSPS) is 26.0. The number of carbonyl (C=O) groups is 1. The van der Waals surface area contributed by atoms with Crippen LogP contribution in [0.15, 0.2) is 18.2 Å². The molecule has 0 N–H and O–H groups in total. The minimum atomic E-state index is -0.329. The van der Waals surface area contributed by atoms with Crippen molar-refractivity contribution in [1.29, 1.82) is 0 Å². The van der Waals surface area contributed by atoms with Crippen LogP contribution in [0.1, 0.15) is 39.7 Å². The van der Waals surface area contributed by atoms with Gasteiger partial charge in [-0.1, -0.05) is 12.1 Å². The number of hydrogen-bond acceptors (Lipinski definition) is 4. The number of fused-ring (bicyclic) bond motifs is 1. The standard InChI is InChI=1S/C17H24BNO3/c1-16(2)17(3,4)22-18(21-16)13-7-9-15-12(10-13)6-8-14(11-20)19(15)5/h7,9-11,14H,6,8H2,1-5H3. The Balaban J connectivity index is 1.88. The van der Waals surface area contributed by atoms with Crippen LogP contribution in [0.25, 0.3) is 0 Å². The molecule has 2 aliphatic rings. The molecule has 0 spiro atoms. The van der Waals surface area contributed by atoms with Gasteiger partial charge in [-0.15, -0.1) is 0 Å². The summed E-state index contributed by atoms with van der Waals surface area (Å²) in [5.41, 5.74) is 2.78. The number of carbonyl (C=O) groups excluding carboxylic acids is 1. The van der Waals surface area contributed by atoms with E-state index in [2.05, 4.69) is 44.7 Å². The van der Waals surface area contributed by atoms with Crippen LogP contribution >= 0.6 is 0 Å². The van der Waals surface area contributed by atoms with E-state index in [1.807, 2.05) is 13.1 Å². The lowest BCUT2D eigenvalue weighted by molar-refractivity contribution is -0.109. The largest absolute Gasteiger partial charge is 0.494 e. The van der Waals surface area contributed by atoms with Gasteiger partial charge >= 0.3 is 7.12 Å². The Kier molecular flexibility index (Phi) is 3.61. The van der Waals surface area contributed by atoms with Gasteiger partial charge in [0.15, 0.2) is 0 Å². The summed E-state index contributed by atoms with van der Waals surface area (Å²) in [5, 5.41) is 0. The number of hydrogen-bond donors (Lipinski definition) is 0. The third-order valence-electron chi connectivity index (χ3n) is 5.37. The van der Waals surface area contributed by atoms with E-state index in [-0.39, 0.29) is 24.4 Å². The summed E-state index contributed by atoms with van der Waals surface area (Å²) in [4.78, 5) is 13.2. The number of rotatable bonds is 2. The number of anilines is 1. The van der Waals surface area contributed by atoms with Crippen LogP contribution in [0.2, 0.25) is 0 Å². The second-order valence-electron chi connectivity index (χ2n) is 7.33. The highest BCUT2D eigenvalue weighted by atomic mass is 16.7. The van der Waals surface area contributed by atoms with Crippen LogP contribution < -0.4 is 10.4 Å². The maximum atomic E-state index is 11.1. The molecule has 0 amide bonds. The third kappa shape index (κ3) is 2.36. The first-order valence-corrected chi connectivity index (χ1v) is 7.92. The smallest absolute Gasteiger partial charge is 0.399 e. The zero-order valence-corrected chi connectivity index (χ0v) is 14.1. The highest BCUT2D eigenvalue weighted by Gasteiger charge is 2.51. The first-order chi connectivity index (χ1) is 10.2. The minimum absolute atomic E-state index is 0.0183. The Labute approximate surface area is 132 Å². The number of aldehydes is 1. The molecule has 1 fully saturated rings. The summed E-state index contributed by atoms with van der Waals surface area (Å²) < 4.78 is 12.2. The molecule has 3 rings (SSSR count). The molecule has 0 saturated carbocycles. The van der Waals surface area contributed by atoms with Crippen molar-refractivity contribution in [3.05, 3.63) is 23.8 Å². The molecule has 1 saturated heterocycles. The third-order valence-corrected chi connectivity index (χ3v) is 5.37. The molecule has 0 aliphatic carbocycles. The number of aryl methyl sites for hydroxylation is 1. The second-order valence-corrected chi connectivity index (χ2v) is 7.33. The Morgan fingerprint density at radius 1 is 1.23 bits per heavy atom. The molecule has 1 aromatic rings. The fourth-order valence-electron chi connectivity index (χ4n) is 3.11. The van der Waals surface area contributed by atoms with Crippen molar-refractivity contribution in [3.63, 3.8) is 0 Å². The SMILES string of the molecule is CN1c2ccc(B3OC(C)(C)C(C)(C)O3)cc2CCC1C=O. The van der Waals surface area contributed by atoms with Crippen molar-refractivity contribution in [3.8, 4) is 0 Å². The highest BCUT2D eigenvalue weighted by Crippen LogP contribution is 2.37. The molecule has 118 valence electrons. The second kappa shape index (κ2) is 5.10. The molecule has 4 nitrogen and oxygen atoms in total. The summed E-state index contributed by atoms with van der Waals surface area (Å²) in [6, 6.07) is 6.26. The molecule has 2 heterocycles. The van der Waals surface area contributed by atoms with E-state index in [9.17, 15) is 4.79 Å². The van der Waals surface area contributed by atoms with Gasteiger partial charge in [0.05, 0.1) is 17.2 Å². The number of benzene rings is 1. The van der Waals surface area contributed by atoms with Crippen molar-refractivity contribution < 1.29 is 14.1 Å². The van der Waals surface area contributed by atoms with Crippen molar-refractivity contribution in [2.75, 3.05) is 11.9 Å². The minimum Gasteiger partial charge on any atom is -0.399 e. The topological polar surface area (TPSA) is 38.8 Å². The van der Waals surface area contributed by atoms with Crippen molar-refractivity contribution >= 4 is 24.6 Å². The van der Waals surface area contributed by atoms with Gasteiger partial charge in [-0.05, 0) is 57.6 Å².